The summed E-state index contributed by atoms with van der Waals surface area (Å²) >= 11 is 0. The number of nitrogens with one attached hydrogen (secondary N) is 11. The van der Waals surface area contributed by atoms with Crippen molar-refractivity contribution in [2.75, 3.05) is 12.4 Å². The second-order valence-electron chi connectivity index (χ2n) is 24.6. The van der Waals surface area contributed by atoms with Crippen molar-refractivity contribution in [1.29, 1.82) is 0 Å². The number of H-pyrrole nitrogens is 7. The van der Waals surface area contributed by atoms with E-state index >= 15 is 0 Å². The van der Waals surface area contributed by atoms with Crippen LogP contribution in [-0.2, 0) is 26.2 Å². The van der Waals surface area contributed by atoms with E-state index in [1.165, 1.54) is 48.5 Å². The number of anilines is 1. The number of para-hydroxylation sites is 1. The lowest BCUT2D eigenvalue weighted by Gasteiger charge is -2.08. The van der Waals surface area contributed by atoms with Gasteiger partial charge >= 0.3 is 0 Å². The molecule has 2 saturated carbocycles. The maximum absolute atomic E-state index is 14.9. The lowest BCUT2D eigenvalue weighted by Crippen LogP contribution is -2.16. The Morgan fingerprint density at radius 2 is 0.860 bits per heavy atom. The monoisotopic (exact) mass is 1320 g/mol. The van der Waals surface area contributed by atoms with Crippen molar-refractivity contribution in [3.05, 3.63) is 247 Å². The Hall–Kier alpha value is -12.6. The molecular formula is C76H69FN22O. The summed E-state index contributed by atoms with van der Waals surface area (Å²) in [6.07, 6.45) is 9.45. The number of benzene rings is 9. The molecule has 13 N–H and O–H groups in total. The molecule has 0 spiro atoms. The molecule has 2 aliphatic rings. The van der Waals surface area contributed by atoms with E-state index in [0.717, 1.165) is 144 Å². The van der Waals surface area contributed by atoms with Crippen LogP contribution in [0, 0.1) is 5.82 Å². The standard InChI is InChI=1S/C22H18N6.C19H18N6.C18H17FN4O.C17H16N6/c1-2-7-18(8-3-1)23-13-15-5-4-6-16(11-15)21-19-12-17(22-24-14-25-28-22)9-10-20(19)26-27-21;1-2-12(10-20-15-5-6-15)8-13(3-1)18-16-9-14(19-21-11-22-25-19)4-7-17(16)23-24-18;19-16-11(9-21-12-5-6-12)2-1-3-13(16)17-14-8-10(18(20)24)4-7-15(14)22-23-17;1-18-9-11-3-2-4-12(7-11)16-14-8-13(17-19-10-20-23-17)5-6-15(14)21-22-16/h1-12,14,23H,13H2,(H,26,27)(H,24,25,28);1-4,7-9,11,15,20H,5-6,10H2,(H,23,24)(H,21,22,25);1-4,7-8,12,21H,5-6,9H2,(H2,20,24)(H,22,23);2-8,10,18H,9H2,1H3,(H,21,22)(H,19,20,23). The topological polar surface area (TPSA) is 331 Å². The third kappa shape index (κ3) is 14.5. The molecule has 23 nitrogen and oxygen atoms in total. The highest BCUT2D eigenvalue weighted by molar-refractivity contribution is 6.01. The van der Waals surface area contributed by atoms with Crippen LogP contribution in [0.5, 0.6) is 0 Å². The SMILES string of the molecule is CNCc1cccc(-c2n[nH]c3ccc(-c4ncn[nH]4)cc23)c1.NC(=O)c1ccc2[nH]nc(-c3cccc(CNC4CC4)c3F)c2c1.c1cc(CNC2CC2)cc(-c2n[nH]c3ccc(-c4ncn[nH]4)cc23)c1.c1ccc(NCc2cccc(-c3n[nH]c4ccc(-c5ncn[nH]5)cc34)c2)cc1. The number of amides is 1. The first-order valence-corrected chi connectivity index (χ1v) is 33.0. The van der Waals surface area contributed by atoms with Crippen molar-refractivity contribution in [3.63, 3.8) is 0 Å². The quantitative estimate of drug-likeness (QED) is 0.0358. The summed E-state index contributed by atoms with van der Waals surface area (Å²) in [5.74, 6) is 1.45. The van der Waals surface area contributed by atoms with Crippen LogP contribution in [0.3, 0.4) is 0 Å². The number of nitrogens with two attached hydrogens (primary N) is 1. The lowest BCUT2D eigenvalue weighted by atomic mass is 10.0. The zero-order valence-electron chi connectivity index (χ0n) is 54.4. The summed E-state index contributed by atoms with van der Waals surface area (Å²) < 4.78 is 14.9. The first kappa shape index (κ1) is 63.4. The molecule has 0 unspecified atom stereocenters. The summed E-state index contributed by atoms with van der Waals surface area (Å²) in [7, 11) is 1.94. The van der Waals surface area contributed by atoms with Gasteiger partial charge in [0, 0.05) is 116 Å². The lowest BCUT2D eigenvalue weighted by molar-refractivity contribution is 0.100. The number of aromatic nitrogens is 17. The molecule has 16 aromatic rings. The minimum Gasteiger partial charge on any atom is -0.381 e. The molecule has 0 atom stereocenters. The molecule has 496 valence electrons. The number of hydrogen-bond acceptors (Lipinski definition) is 15. The average molecular weight is 1330 g/mol. The number of fused-ring (bicyclic) bond motifs is 4. The number of rotatable bonds is 19. The van der Waals surface area contributed by atoms with E-state index in [2.05, 4.69) is 211 Å². The largest absolute Gasteiger partial charge is 0.381 e. The molecule has 100 heavy (non-hydrogen) atoms. The van der Waals surface area contributed by atoms with Gasteiger partial charge in [-0.1, -0.05) is 84.9 Å². The van der Waals surface area contributed by atoms with Crippen LogP contribution in [-0.4, -0.2) is 111 Å². The highest BCUT2D eigenvalue weighted by Crippen LogP contribution is 2.35. The average Bonchev–Trinajstić information content (AvgIpc) is 1.63. The summed E-state index contributed by atoms with van der Waals surface area (Å²) in [6, 6.07) is 65.5. The number of halogens is 1. The Bertz CT molecular complexity index is 5440. The van der Waals surface area contributed by atoms with Crippen LogP contribution in [0.25, 0.3) is 123 Å². The van der Waals surface area contributed by atoms with Gasteiger partial charge in [-0.25, -0.2) is 19.3 Å². The predicted octanol–water partition coefficient (Wildman–Crippen LogP) is 13.3. The van der Waals surface area contributed by atoms with Gasteiger partial charge in [0.25, 0.3) is 0 Å². The molecule has 0 bridgehead atoms. The molecule has 7 heterocycles. The van der Waals surface area contributed by atoms with Crippen LogP contribution in [0.1, 0.15) is 58.3 Å². The molecule has 7 aromatic heterocycles. The Morgan fingerprint density at radius 1 is 0.430 bits per heavy atom. The Balaban J connectivity index is 0.000000109. The van der Waals surface area contributed by atoms with Gasteiger partial charge in [-0.15, -0.1) is 0 Å². The molecule has 24 heteroatoms. The Morgan fingerprint density at radius 3 is 1.31 bits per heavy atom. The molecule has 9 aromatic carbocycles. The van der Waals surface area contributed by atoms with Gasteiger partial charge in [0.2, 0.25) is 5.91 Å². The highest BCUT2D eigenvalue weighted by atomic mass is 19.1. The minimum atomic E-state index is -0.521. The zero-order chi connectivity index (χ0) is 67.7. The fourth-order valence-corrected chi connectivity index (χ4v) is 12.0. The summed E-state index contributed by atoms with van der Waals surface area (Å²) in [5.41, 5.74) is 24.9. The Kier molecular flexibility index (Phi) is 18.4. The predicted molar refractivity (Wildman–Crippen MR) is 387 cm³/mol. The molecule has 0 aliphatic heterocycles. The number of hydrogen-bond donors (Lipinski definition) is 12. The van der Waals surface area contributed by atoms with E-state index < -0.39 is 5.91 Å². The fourth-order valence-electron chi connectivity index (χ4n) is 12.0. The van der Waals surface area contributed by atoms with E-state index in [1.807, 2.05) is 67.7 Å². The van der Waals surface area contributed by atoms with Crippen LogP contribution in [0.2, 0.25) is 0 Å². The van der Waals surface area contributed by atoms with E-state index in [-0.39, 0.29) is 5.82 Å². The molecule has 0 radical (unpaired) electrons. The van der Waals surface area contributed by atoms with Gasteiger partial charge in [0.15, 0.2) is 17.5 Å². The highest BCUT2D eigenvalue weighted by Gasteiger charge is 2.23. The first-order valence-electron chi connectivity index (χ1n) is 33.0. The third-order valence-electron chi connectivity index (χ3n) is 17.5. The van der Waals surface area contributed by atoms with E-state index in [1.54, 1.807) is 30.3 Å². The van der Waals surface area contributed by atoms with Gasteiger partial charge in [0.05, 0.1) is 39.1 Å². The Labute approximate surface area is 571 Å². The summed E-state index contributed by atoms with van der Waals surface area (Å²) in [6.45, 7) is 2.99. The smallest absolute Gasteiger partial charge is 0.248 e. The molecule has 2 aliphatic carbocycles. The number of carbonyl (C=O) groups is 1. The van der Waals surface area contributed by atoms with Crippen molar-refractivity contribution < 1.29 is 9.18 Å². The zero-order valence-corrected chi connectivity index (χ0v) is 54.4. The van der Waals surface area contributed by atoms with Gasteiger partial charge in [0.1, 0.15) is 30.5 Å². The summed E-state index contributed by atoms with van der Waals surface area (Å²) in [5, 5.41) is 68.0. The van der Waals surface area contributed by atoms with Crippen LogP contribution in [0.4, 0.5) is 10.1 Å². The fraction of sp³-hybridized carbons (Fsp3) is 0.145. The summed E-state index contributed by atoms with van der Waals surface area (Å²) in [4.78, 5) is 24.1. The molecule has 18 rings (SSSR count). The number of aromatic amines is 7. The molecule has 0 saturated heterocycles. The van der Waals surface area contributed by atoms with Crippen LogP contribution in [0.15, 0.2) is 213 Å². The number of nitrogens with zero attached hydrogens (tertiary/aromatic N) is 10. The van der Waals surface area contributed by atoms with Gasteiger partial charge in [-0.3, -0.25) is 40.5 Å². The van der Waals surface area contributed by atoms with Crippen molar-refractivity contribution in [2.24, 2.45) is 5.73 Å². The van der Waals surface area contributed by atoms with E-state index in [0.29, 0.717) is 46.4 Å². The van der Waals surface area contributed by atoms with Crippen molar-refractivity contribution in [1.82, 2.24) is 102 Å². The maximum atomic E-state index is 14.9. The number of primary amides is 1. The molecule has 2 fully saturated rings. The second kappa shape index (κ2) is 29.0. The third-order valence-corrected chi connectivity index (χ3v) is 17.5. The van der Waals surface area contributed by atoms with Crippen molar-refractivity contribution >= 4 is 55.2 Å². The van der Waals surface area contributed by atoms with Crippen molar-refractivity contribution in [3.8, 4) is 79.2 Å². The van der Waals surface area contributed by atoms with Gasteiger partial charge in [-0.2, -0.15) is 35.7 Å². The first-order chi connectivity index (χ1) is 49.2. The second-order valence-corrected chi connectivity index (χ2v) is 24.6. The van der Waals surface area contributed by atoms with Crippen molar-refractivity contribution in [2.45, 2.75) is 63.9 Å². The van der Waals surface area contributed by atoms with E-state index in [9.17, 15) is 9.18 Å². The van der Waals surface area contributed by atoms with Crippen LogP contribution >= 0.6 is 0 Å². The minimum absolute atomic E-state index is 0.288. The normalized spacial score (nSPS) is 12.6. The van der Waals surface area contributed by atoms with Gasteiger partial charge < -0.3 is 27.0 Å². The van der Waals surface area contributed by atoms with E-state index in [4.69, 9.17) is 5.73 Å². The van der Waals surface area contributed by atoms with Gasteiger partial charge in [-0.05, 0) is 159 Å². The number of carbonyl (C=O) groups excluding carboxylic acids is 1. The molecular weight excluding hydrogens is 1260 g/mol. The van der Waals surface area contributed by atoms with Crippen LogP contribution < -0.4 is 27.0 Å². The maximum Gasteiger partial charge on any atom is 0.248 e. The molecule has 1 amide bonds.